The fraction of sp³-hybridized carbons (Fsp3) is 0.294. The number of nitrogens with two attached hydrogens (primary N) is 1. The summed E-state index contributed by atoms with van der Waals surface area (Å²) >= 11 is 5.75. The van der Waals surface area contributed by atoms with E-state index >= 15 is 0 Å². The number of aromatic nitrogens is 1. The van der Waals surface area contributed by atoms with E-state index in [1.54, 1.807) is 6.07 Å². The van der Waals surface area contributed by atoms with Crippen LogP contribution in [-0.2, 0) is 4.74 Å². The van der Waals surface area contributed by atoms with Crippen molar-refractivity contribution in [1.29, 1.82) is 0 Å². The minimum absolute atomic E-state index is 0. The number of hydrogen-bond donors (Lipinski definition) is 2. The summed E-state index contributed by atoms with van der Waals surface area (Å²) in [6.07, 6.45) is 1.83. The van der Waals surface area contributed by atoms with E-state index in [0.29, 0.717) is 25.3 Å². The largest absolute Gasteiger partial charge is 0.484 e. The van der Waals surface area contributed by atoms with Crippen LogP contribution in [0.1, 0.15) is 22.0 Å². The highest BCUT2D eigenvalue weighted by molar-refractivity contribution is 6.30. The van der Waals surface area contributed by atoms with Crippen LogP contribution in [0.5, 0.6) is 5.75 Å². The molecule has 9 heteroatoms. The Morgan fingerprint density at radius 3 is 2.96 bits per heavy atom. The van der Waals surface area contributed by atoms with E-state index in [0.717, 1.165) is 0 Å². The maximum absolute atomic E-state index is 13.8. The van der Waals surface area contributed by atoms with Gasteiger partial charge in [-0.15, -0.1) is 12.4 Å². The van der Waals surface area contributed by atoms with Crippen molar-refractivity contribution in [2.75, 3.05) is 19.7 Å². The summed E-state index contributed by atoms with van der Waals surface area (Å²) in [4.78, 5) is 15.5. The average Bonchev–Trinajstić information content (AvgIpc) is 2.83. The van der Waals surface area contributed by atoms with Crippen molar-refractivity contribution < 1.29 is 18.7 Å². The first-order valence-corrected chi connectivity index (χ1v) is 8.12. The van der Waals surface area contributed by atoms with Crippen molar-refractivity contribution in [2.24, 2.45) is 5.73 Å². The molecule has 0 unspecified atom stereocenters. The highest BCUT2D eigenvalue weighted by Crippen LogP contribution is 2.29. The van der Waals surface area contributed by atoms with Crippen LogP contribution in [0, 0.1) is 5.82 Å². The Hall–Kier alpha value is -1.93. The molecule has 0 bridgehead atoms. The van der Waals surface area contributed by atoms with Gasteiger partial charge in [0.1, 0.15) is 18.0 Å². The summed E-state index contributed by atoms with van der Waals surface area (Å²) in [5.74, 6) is -0.890. The maximum atomic E-state index is 13.8. The maximum Gasteiger partial charge on any atom is 0.252 e. The predicted molar refractivity (Wildman–Crippen MR) is 97.4 cm³/mol. The molecule has 1 fully saturated rings. The fourth-order valence-electron chi connectivity index (χ4n) is 2.66. The van der Waals surface area contributed by atoms with Gasteiger partial charge in [-0.3, -0.25) is 9.78 Å². The Bertz CT molecular complexity index is 779. The average molecular weight is 402 g/mol. The highest BCUT2D eigenvalue weighted by atomic mass is 35.5. The number of amides is 1. The number of nitrogens with zero attached hydrogens (tertiary/aromatic N) is 1. The smallest absolute Gasteiger partial charge is 0.252 e. The summed E-state index contributed by atoms with van der Waals surface area (Å²) in [7, 11) is 0. The highest BCUT2D eigenvalue weighted by Gasteiger charge is 2.29. The van der Waals surface area contributed by atoms with Crippen molar-refractivity contribution >= 4 is 29.9 Å². The Morgan fingerprint density at radius 1 is 1.42 bits per heavy atom. The van der Waals surface area contributed by atoms with Gasteiger partial charge in [-0.05, 0) is 23.8 Å². The Morgan fingerprint density at radius 2 is 2.23 bits per heavy atom. The number of carbonyl (C=O) groups is 1. The zero-order valence-corrected chi connectivity index (χ0v) is 15.2. The summed E-state index contributed by atoms with van der Waals surface area (Å²) in [5, 5.41) is 3.22. The molecule has 0 radical (unpaired) electrons. The van der Waals surface area contributed by atoms with Crippen LogP contribution in [0.25, 0.3) is 0 Å². The number of pyridine rings is 1. The molecule has 1 aliphatic rings. The number of nitrogens with one attached hydrogen (secondary N) is 1. The molecule has 1 aliphatic heterocycles. The molecule has 140 valence electrons. The number of carbonyl (C=O) groups excluding carboxylic acids is 1. The van der Waals surface area contributed by atoms with Crippen molar-refractivity contribution in [3.63, 3.8) is 0 Å². The van der Waals surface area contributed by atoms with Gasteiger partial charge in [-0.2, -0.15) is 0 Å². The van der Waals surface area contributed by atoms with Crippen molar-refractivity contribution in [1.82, 2.24) is 10.3 Å². The van der Waals surface area contributed by atoms with E-state index in [9.17, 15) is 9.18 Å². The lowest BCUT2D eigenvalue weighted by molar-refractivity contribution is -0.00890. The van der Waals surface area contributed by atoms with E-state index in [2.05, 4.69) is 10.3 Å². The van der Waals surface area contributed by atoms with Gasteiger partial charge < -0.3 is 20.5 Å². The molecule has 2 heterocycles. The standard InChI is InChI=1S/C17H17ClFN3O3.ClH/c18-12-2-1-10(7-13(12)19)16-15(9-22-5-6-24-16)25-14-8-21-4-3-11(14)17(20)23;/h1-4,7-8,15-16,22H,5-6,9H2,(H2,20,23);1H/t15-,16+;/m1./s1. The molecule has 0 spiro atoms. The minimum Gasteiger partial charge on any atom is -0.484 e. The van der Waals surface area contributed by atoms with Gasteiger partial charge in [-0.1, -0.05) is 17.7 Å². The molecule has 6 nitrogen and oxygen atoms in total. The zero-order valence-electron chi connectivity index (χ0n) is 13.7. The number of primary amides is 1. The van der Waals surface area contributed by atoms with Gasteiger partial charge in [0, 0.05) is 19.3 Å². The lowest BCUT2D eigenvalue weighted by Gasteiger charge is -2.26. The molecule has 3 N–H and O–H groups in total. The topological polar surface area (TPSA) is 86.5 Å². The summed E-state index contributed by atoms with van der Waals surface area (Å²) in [6, 6.07) is 5.98. The van der Waals surface area contributed by atoms with Crippen LogP contribution >= 0.6 is 24.0 Å². The molecule has 0 aliphatic carbocycles. The van der Waals surface area contributed by atoms with Gasteiger partial charge in [0.05, 0.1) is 23.4 Å². The van der Waals surface area contributed by atoms with E-state index in [-0.39, 0.29) is 28.7 Å². The van der Waals surface area contributed by atoms with Gasteiger partial charge in [0.25, 0.3) is 5.91 Å². The molecular formula is C17H18Cl2FN3O3. The Balaban J connectivity index is 0.00000243. The number of halogens is 3. The van der Waals surface area contributed by atoms with Gasteiger partial charge >= 0.3 is 0 Å². The third-order valence-corrected chi connectivity index (χ3v) is 4.17. The molecule has 26 heavy (non-hydrogen) atoms. The third kappa shape index (κ3) is 4.62. The minimum atomic E-state index is -0.617. The predicted octanol–water partition coefficient (Wildman–Crippen LogP) is 2.50. The van der Waals surface area contributed by atoms with Crippen LogP contribution in [0.15, 0.2) is 36.7 Å². The second-order valence-corrected chi connectivity index (χ2v) is 5.97. The van der Waals surface area contributed by atoms with E-state index in [1.807, 2.05) is 0 Å². The SMILES string of the molecule is Cl.NC(=O)c1ccncc1O[C@@H]1CNCCO[C@H]1c1ccc(Cl)c(F)c1. The van der Waals surface area contributed by atoms with Crippen LogP contribution in [-0.4, -0.2) is 36.7 Å². The molecule has 2 aromatic rings. The molecular weight excluding hydrogens is 384 g/mol. The zero-order chi connectivity index (χ0) is 17.8. The van der Waals surface area contributed by atoms with Crippen LogP contribution < -0.4 is 15.8 Å². The van der Waals surface area contributed by atoms with Crippen molar-refractivity contribution in [3.05, 3.63) is 58.6 Å². The quantitative estimate of drug-likeness (QED) is 0.821. The third-order valence-electron chi connectivity index (χ3n) is 3.86. The second-order valence-electron chi connectivity index (χ2n) is 5.56. The molecule has 1 amide bonds. The van der Waals surface area contributed by atoms with Crippen LogP contribution in [0.3, 0.4) is 0 Å². The van der Waals surface area contributed by atoms with Crippen molar-refractivity contribution in [3.8, 4) is 5.75 Å². The normalized spacial score (nSPS) is 19.9. The monoisotopic (exact) mass is 401 g/mol. The summed E-state index contributed by atoms with van der Waals surface area (Å²) in [6.45, 7) is 1.51. The van der Waals surface area contributed by atoms with Gasteiger partial charge in [0.15, 0.2) is 5.75 Å². The van der Waals surface area contributed by atoms with Crippen LogP contribution in [0.2, 0.25) is 5.02 Å². The molecule has 3 rings (SSSR count). The first kappa shape index (κ1) is 20.4. The molecule has 1 aromatic heterocycles. The van der Waals surface area contributed by atoms with Gasteiger partial charge in [0.2, 0.25) is 0 Å². The van der Waals surface area contributed by atoms with Crippen molar-refractivity contribution in [2.45, 2.75) is 12.2 Å². The Kier molecular flexibility index (Phi) is 7.16. The molecule has 1 saturated heterocycles. The number of benzene rings is 1. The number of rotatable bonds is 4. The summed E-state index contributed by atoms with van der Waals surface area (Å²) in [5.41, 5.74) is 6.19. The fourth-order valence-corrected chi connectivity index (χ4v) is 2.78. The first-order valence-electron chi connectivity index (χ1n) is 7.74. The first-order chi connectivity index (χ1) is 12.1. The molecule has 2 atom stereocenters. The molecule has 1 aromatic carbocycles. The van der Waals surface area contributed by atoms with E-state index < -0.39 is 23.9 Å². The summed E-state index contributed by atoms with van der Waals surface area (Å²) < 4.78 is 25.6. The van der Waals surface area contributed by atoms with E-state index in [4.69, 9.17) is 26.8 Å². The lowest BCUT2D eigenvalue weighted by atomic mass is 10.0. The second kappa shape index (κ2) is 9.14. The lowest BCUT2D eigenvalue weighted by Crippen LogP contribution is -2.35. The van der Waals surface area contributed by atoms with E-state index in [1.165, 1.54) is 30.6 Å². The molecule has 0 saturated carbocycles. The Labute approximate surface area is 161 Å². The van der Waals surface area contributed by atoms with Gasteiger partial charge in [-0.25, -0.2) is 4.39 Å². The number of hydrogen-bond acceptors (Lipinski definition) is 5. The number of ether oxygens (including phenoxy) is 2. The van der Waals surface area contributed by atoms with Crippen LogP contribution in [0.4, 0.5) is 4.39 Å².